The maximum atomic E-state index is 2.50. The van der Waals surface area contributed by atoms with Crippen LogP contribution in [0.3, 0.4) is 0 Å². The van der Waals surface area contributed by atoms with Crippen molar-refractivity contribution >= 4 is 88.0 Å². The molecule has 0 saturated carbocycles. The van der Waals surface area contributed by atoms with E-state index in [1.807, 2.05) is 0 Å². The quantitative estimate of drug-likeness (QED) is 0.141. The first-order valence-corrected chi connectivity index (χ1v) is 23.0. The van der Waals surface area contributed by atoms with E-state index in [4.69, 9.17) is 0 Å². The van der Waals surface area contributed by atoms with E-state index in [2.05, 4.69) is 256 Å². The molecule has 2 nitrogen and oxygen atoms in total. The van der Waals surface area contributed by atoms with Gasteiger partial charge in [0.05, 0.1) is 11.4 Å². The van der Waals surface area contributed by atoms with Crippen molar-refractivity contribution in [3.05, 3.63) is 241 Å². The van der Waals surface area contributed by atoms with Gasteiger partial charge in [-0.1, -0.05) is 158 Å². The minimum Gasteiger partial charge on any atom is -0.310 e. The highest BCUT2D eigenvalue weighted by Crippen LogP contribution is 2.52. The Morgan fingerprint density at radius 3 is 1.00 bits per heavy atom. The van der Waals surface area contributed by atoms with Crippen LogP contribution in [-0.4, -0.2) is 0 Å². The summed E-state index contributed by atoms with van der Waals surface area (Å²) in [4.78, 5) is 5.00. The zero-order valence-corrected chi connectivity index (χ0v) is 37.7. The van der Waals surface area contributed by atoms with Crippen LogP contribution >= 0.6 is 0 Å². The van der Waals surface area contributed by atoms with E-state index in [-0.39, 0.29) is 0 Å². The maximum Gasteiger partial charge on any atom is 0.0546 e. The molecule has 2 heteroatoms. The Bertz CT molecular complexity index is 3520. The summed E-state index contributed by atoms with van der Waals surface area (Å²) in [5, 5.41) is 12.3. The van der Waals surface area contributed by atoms with Crippen LogP contribution in [0, 0.1) is 27.7 Å². The van der Waals surface area contributed by atoms with E-state index >= 15 is 0 Å². The molecule has 0 fully saturated rings. The molecule has 0 aliphatic heterocycles. The Labute approximate surface area is 386 Å². The van der Waals surface area contributed by atoms with Crippen molar-refractivity contribution in [2.24, 2.45) is 0 Å². The molecule has 0 atom stereocenters. The lowest BCUT2D eigenvalue weighted by atomic mass is 9.85. The molecule has 12 aromatic carbocycles. The molecule has 0 aliphatic carbocycles. The Hall–Kier alpha value is -8.20. The third kappa shape index (κ3) is 6.73. The number of hydrogen-bond donors (Lipinski definition) is 0. The molecule has 12 rings (SSSR count). The SMILES string of the molecule is Cc1cc(C)cc(N(c2ccc3ccccc3c2)c2cc(-c3ccccc3)c3ccc4c(N(c5cc(C)cc(C)c5)c5ccc6ccccc6c5)cc(-c5ccccc5)c5ccc2c3c54)c1. The van der Waals surface area contributed by atoms with Crippen molar-refractivity contribution in [1.82, 2.24) is 0 Å². The zero-order chi connectivity index (χ0) is 44.5. The van der Waals surface area contributed by atoms with Gasteiger partial charge in [0.15, 0.2) is 0 Å². The highest BCUT2D eigenvalue weighted by atomic mass is 15.2. The van der Waals surface area contributed by atoms with Crippen LogP contribution in [0.25, 0.3) is 76.1 Å². The van der Waals surface area contributed by atoms with Crippen LogP contribution in [0.1, 0.15) is 22.3 Å². The first-order valence-electron chi connectivity index (χ1n) is 23.0. The van der Waals surface area contributed by atoms with E-state index in [9.17, 15) is 0 Å². The minimum atomic E-state index is 1.12. The molecule has 0 heterocycles. The molecule has 0 radical (unpaired) electrons. The molecule has 66 heavy (non-hydrogen) atoms. The predicted molar refractivity (Wildman–Crippen MR) is 284 cm³/mol. The highest BCUT2D eigenvalue weighted by Gasteiger charge is 2.26. The average Bonchev–Trinajstić information content (AvgIpc) is 3.33. The lowest BCUT2D eigenvalue weighted by Crippen LogP contribution is -2.13. The Morgan fingerprint density at radius 2 is 0.606 bits per heavy atom. The molecular formula is C64H48N2. The molecule has 314 valence electrons. The molecule has 0 aromatic heterocycles. The monoisotopic (exact) mass is 844 g/mol. The van der Waals surface area contributed by atoms with Gasteiger partial charge >= 0.3 is 0 Å². The largest absolute Gasteiger partial charge is 0.310 e. The minimum absolute atomic E-state index is 1.12. The summed E-state index contributed by atoms with van der Waals surface area (Å²) in [5.74, 6) is 0. The van der Waals surface area contributed by atoms with Crippen LogP contribution in [0.2, 0.25) is 0 Å². The molecule has 0 saturated heterocycles. The Balaban J connectivity index is 1.24. The third-order valence-electron chi connectivity index (χ3n) is 13.4. The van der Waals surface area contributed by atoms with E-state index in [1.165, 1.54) is 98.4 Å². The zero-order valence-electron chi connectivity index (χ0n) is 37.7. The van der Waals surface area contributed by atoms with Crippen LogP contribution in [0.4, 0.5) is 34.1 Å². The van der Waals surface area contributed by atoms with Gasteiger partial charge in [-0.25, -0.2) is 0 Å². The molecule has 0 bridgehead atoms. The summed E-state index contributed by atoms with van der Waals surface area (Å²) in [6.07, 6.45) is 0. The fourth-order valence-electron chi connectivity index (χ4n) is 10.7. The number of benzene rings is 12. The van der Waals surface area contributed by atoms with Gasteiger partial charge in [0.25, 0.3) is 0 Å². The summed E-state index contributed by atoms with van der Waals surface area (Å²) in [6, 6.07) is 81.4. The van der Waals surface area contributed by atoms with Crippen molar-refractivity contribution in [1.29, 1.82) is 0 Å². The third-order valence-corrected chi connectivity index (χ3v) is 13.4. The van der Waals surface area contributed by atoms with Crippen LogP contribution in [0.5, 0.6) is 0 Å². The van der Waals surface area contributed by atoms with Crippen molar-refractivity contribution in [2.75, 3.05) is 9.80 Å². The summed E-state index contributed by atoms with van der Waals surface area (Å²) in [6.45, 7) is 8.83. The number of anilines is 6. The van der Waals surface area contributed by atoms with E-state index in [0.29, 0.717) is 0 Å². The van der Waals surface area contributed by atoms with Crippen LogP contribution in [-0.2, 0) is 0 Å². The van der Waals surface area contributed by atoms with Gasteiger partial charge in [0.2, 0.25) is 0 Å². The normalized spacial score (nSPS) is 11.6. The lowest BCUT2D eigenvalue weighted by Gasteiger charge is -2.31. The van der Waals surface area contributed by atoms with Crippen molar-refractivity contribution in [3.63, 3.8) is 0 Å². The second-order valence-electron chi connectivity index (χ2n) is 18.1. The van der Waals surface area contributed by atoms with E-state index < -0.39 is 0 Å². The highest BCUT2D eigenvalue weighted by molar-refractivity contribution is 6.32. The summed E-state index contributed by atoms with van der Waals surface area (Å²) >= 11 is 0. The second-order valence-corrected chi connectivity index (χ2v) is 18.1. The van der Waals surface area contributed by atoms with Crippen LogP contribution in [0.15, 0.2) is 218 Å². The summed E-state index contributed by atoms with van der Waals surface area (Å²) in [7, 11) is 0. The van der Waals surface area contributed by atoms with Gasteiger partial charge in [-0.05, 0) is 165 Å². The van der Waals surface area contributed by atoms with Gasteiger partial charge in [0, 0.05) is 44.3 Å². The number of fused-ring (bicyclic) bond motifs is 2. The van der Waals surface area contributed by atoms with Gasteiger partial charge in [0.1, 0.15) is 0 Å². The van der Waals surface area contributed by atoms with E-state index in [1.54, 1.807) is 0 Å². The number of hydrogen-bond acceptors (Lipinski definition) is 2. The van der Waals surface area contributed by atoms with Crippen molar-refractivity contribution in [2.45, 2.75) is 27.7 Å². The standard InChI is InChI=1S/C64H48N2/c1-41-31-42(2)34-53(33-41)65(51-25-23-45-15-11-13-21-49(45)37-51)61-39-59(47-17-7-5-8-18-47)55-28-30-58-62(40-60(48-19-9-6-10-20-48)56-27-29-57(61)63(55)64(56)58)66(54-35-43(3)32-44(4)36-54)52-26-24-46-16-12-14-22-50(46)38-52/h5-40H,1-4H3. The lowest BCUT2D eigenvalue weighted by molar-refractivity contribution is 1.27. The van der Waals surface area contributed by atoms with E-state index in [0.717, 1.165) is 34.1 Å². The fraction of sp³-hybridized carbons (Fsp3) is 0.0625. The Morgan fingerprint density at radius 1 is 0.258 bits per heavy atom. The topological polar surface area (TPSA) is 6.48 Å². The summed E-state index contributed by atoms with van der Waals surface area (Å²) < 4.78 is 0. The van der Waals surface area contributed by atoms with Gasteiger partial charge in [-0.3, -0.25) is 0 Å². The summed E-state index contributed by atoms with van der Waals surface area (Å²) in [5.41, 5.74) is 16.5. The fourth-order valence-corrected chi connectivity index (χ4v) is 10.7. The molecule has 0 N–H and O–H groups in total. The predicted octanol–water partition coefficient (Wildman–Crippen LogP) is 18.4. The van der Waals surface area contributed by atoms with Crippen molar-refractivity contribution in [3.8, 4) is 22.3 Å². The molecular weight excluding hydrogens is 797 g/mol. The molecule has 0 unspecified atom stereocenters. The van der Waals surface area contributed by atoms with Gasteiger partial charge in [-0.2, -0.15) is 0 Å². The Kier molecular flexibility index (Phi) is 9.43. The second kappa shape index (κ2) is 15.8. The molecule has 0 aliphatic rings. The average molecular weight is 845 g/mol. The smallest absolute Gasteiger partial charge is 0.0546 e. The maximum absolute atomic E-state index is 2.50. The molecule has 0 amide bonds. The van der Waals surface area contributed by atoms with Gasteiger partial charge < -0.3 is 9.80 Å². The number of rotatable bonds is 8. The molecule has 0 spiro atoms. The van der Waals surface area contributed by atoms with Crippen LogP contribution < -0.4 is 9.80 Å². The first kappa shape index (κ1) is 39.4. The number of nitrogens with zero attached hydrogens (tertiary/aromatic N) is 2. The van der Waals surface area contributed by atoms with Gasteiger partial charge in [-0.15, -0.1) is 0 Å². The van der Waals surface area contributed by atoms with Crippen molar-refractivity contribution < 1.29 is 0 Å². The first-order chi connectivity index (χ1) is 32.3. The number of aryl methyl sites for hydroxylation is 4. The molecule has 12 aromatic rings.